The minimum absolute atomic E-state index is 0. The number of carbonyl (C=O) groups is 1. The molecule has 0 amide bonds. The summed E-state index contributed by atoms with van der Waals surface area (Å²) in [6.07, 6.45) is 3.82. The van der Waals surface area contributed by atoms with Crippen LogP contribution in [0.5, 0.6) is 0 Å². The van der Waals surface area contributed by atoms with Crippen molar-refractivity contribution < 1.29 is 19.9 Å². The van der Waals surface area contributed by atoms with Gasteiger partial charge in [-0.3, -0.25) is 9.69 Å². The standard InChI is InChI=1S/C21H35BN2O4.2ClH/c1-16(2)14-24-15-18-8-4-3-7-17(18)13-19(24)9-11-21(23,20(25)26)10-5-6-12-22(27)28;;/h3-4,7-8,16,19,27-28H,5-6,9-15,23H2,1-2H3,(H,25,26);2*1H. The highest BCUT2D eigenvalue weighted by Gasteiger charge is 2.35. The highest BCUT2D eigenvalue weighted by atomic mass is 35.5. The van der Waals surface area contributed by atoms with Crippen molar-refractivity contribution in [3.63, 3.8) is 0 Å². The first-order chi connectivity index (χ1) is 13.2. The van der Waals surface area contributed by atoms with Crippen molar-refractivity contribution in [2.75, 3.05) is 6.54 Å². The second-order valence-corrected chi connectivity index (χ2v) is 8.68. The van der Waals surface area contributed by atoms with Crippen LogP contribution < -0.4 is 5.73 Å². The molecule has 0 fully saturated rings. The molecule has 6 nitrogen and oxygen atoms in total. The maximum Gasteiger partial charge on any atom is 0.451 e. The summed E-state index contributed by atoms with van der Waals surface area (Å²) in [6.45, 7) is 6.30. The number of benzene rings is 1. The van der Waals surface area contributed by atoms with Crippen molar-refractivity contribution in [2.45, 2.75) is 76.8 Å². The van der Waals surface area contributed by atoms with Crippen LogP contribution in [-0.2, 0) is 17.8 Å². The number of aliphatic carboxylic acids is 1. The fourth-order valence-electron chi connectivity index (χ4n) is 4.14. The Morgan fingerprint density at radius 2 is 1.83 bits per heavy atom. The Balaban J connectivity index is 0.00000420. The first-order valence-corrected chi connectivity index (χ1v) is 10.4. The van der Waals surface area contributed by atoms with Crippen LogP contribution in [0.25, 0.3) is 0 Å². The topological polar surface area (TPSA) is 107 Å². The first-order valence-electron chi connectivity index (χ1n) is 10.4. The summed E-state index contributed by atoms with van der Waals surface area (Å²) in [6, 6.07) is 8.78. The number of carboxylic acids is 1. The van der Waals surface area contributed by atoms with Crippen LogP contribution in [0.1, 0.15) is 57.1 Å². The van der Waals surface area contributed by atoms with E-state index >= 15 is 0 Å². The molecule has 1 aromatic rings. The molecule has 1 aromatic carbocycles. The summed E-state index contributed by atoms with van der Waals surface area (Å²) < 4.78 is 0. The molecule has 0 spiro atoms. The smallest absolute Gasteiger partial charge is 0.451 e. The lowest BCUT2D eigenvalue weighted by molar-refractivity contribution is -0.144. The lowest BCUT2D eigenvalue weighted by Gasteiger charge is -2.39. The van der Waals surface area contributed by atoms with Gasteiger partial charge in [0.15, 0.2) is 0 Å². The molecule has 1 aliphatic heterocycles. The van der Waals surface area contributed by atoms with E-state index in [2.05, 4.69) is 43.0 Å². The molecule has 2 unspecified atom stereocenters. The van der Waals surface area contributed by atoms with Gasteiger partial charge in [0.05, 0.1) is 0 Å². The minimum atomic E-state index is -1.34. The number of nitrogens with two attached hydrogens (primary N) is 1. The average molecular weight is 463 g/mol. The van der Waals surface area contributed by atoms with Gasteiger partial charge < -0.3 is 20.9 Å². The second kappa shape index (κ2) is 13.6. The molecule has 2 atom stereocenters. The summed E-state index contributed by atoms with van der Waals surface area (Å²) >= 11 is 0. The van der Waals surface area contributed by atoms with Crippen LogP contribution in [0.4, 0.5) is 0 Å². The van der Waals surface area contributed by atoms with E-state index in [-0.39, 0.29) is 31.1 Å². The van der Waals surface area contributed by atoms with E-state index in [1.165, 1.54) is 11.1 Å². The third-order valence-corrected chi connectivity index (χ3v) is 5.75. The Labute approximate surface area is 193 Å². The van der Waals surface area contributed by atoms with Gasteiger partial charge in [-0.25, -0.2) is 0 Å². The van der Waals surface area contributed by atoms with E-state index in [9.17, 15) is 9.90 Å². The van der Waals surface area contributed by atoms with Gasteiger partial charge in [0, 0.05) is 19.1 Å². The van der Waals surface area contributed by atoms with E-state index in [1.54, 1.807) is 0 Å². The summed E-state index contributed by atoms with van der Waals surface area (Å²) in [5.41, 5.74) is 7.72. The Morgan fingerprint density at radius 1 is 1.20 bits per heavy atom. The van der Waals surface area contributed by atoms with Gasteiger partial charge in [-0.1, -0.05) is 51.0 Å². The Bertz CT molecular complexity index is 651. The third kappa shape index (κ3) is 8.73. The largest absolute Gasteiger partial charge is 0.480 e. The molecular formula is C21H37BCl2N2O4. The quantitative estimate of drug-likeness (QED) is 0.297. The van der Waals surface area contributed by atoms with Crippen molar-refractivity contribution >= 4 is 37.9 Å². The second-order valence-electron chi connectivity index (χ2n) is 8.68. The minimum Gasteiger partial charge on any atom is -0.480 e. The van der Waals surface area contributed by atoms with Crippen LogP contribution in [0.3, 0.4) is 0 Å². The number of hydrogen-bond donors (Lipinski definition) is 4. The molecule has 0 aliphatic carbocycles. The molecule has 172 valence electrons. The van der Waals surface area contributed by atoms with Crippen LogP contribution in [0.2, 0.25) is 6.32 Å². The predicted octanol–water partition coefficient (Wildman–Crippen LogP) is 3.12. The van der Waals surface area contributed by atoms with E-state index in [4.69, 9.17) is 15.8 Å². The normalized spacial score (nSPS) is 18.0. The molecule has 1 aliphatic rings. The molecule has 0 saturated carbocycles. The van der Waals surface area contributed by atoms with E-state index in [1.807, 2.05) is 0 Å². The van der Waals surface area contributed by atoms with Crippen molar-refractivity contribution in [3.8, 4) is 0 Å². The zero-order valence-corrected chi connectivity index (χ0v) is 19.6. The van der Waals surface area contributed by atoms with E-state index in [0.29, 0.717) is 37.6 Å². The number of fused-ring (bicyclic) bond motifs is 1. The number of hydrogen-bond acceptors (Lipinski definition) is 5. The molecule has 1 heterocycles. The highest BCUT2D eigenvalue weighted by molar-refractivity contribution is 6.40. The molecule has 5 N–H and O–H groups in total. The molecule has 9 heteroatoms. The molecule has 0 radical (unpaired) electrons. The zero-order chi connectivity index (χ0) is 20.7. The molecule has 30 heavy (non-hydrogen) atoms. The highest BCUT2D eigenvalue weighted by Crippen LogP contribution is 2.29. The maximum atomic E-state index is 11.8. The fraction of sp³-hybridized carbons (Fsp3) is 0.667. The molecule has 0 aromatic heterocycles. The Kier molecular flexibility index (Phi) is 13.2. The summed E-state index contributed by atoms with van der Waals surface area (Å²) in [5, 5.41) is 27.6. The summed E-state index contributed by atoms with van der Waals surface area (Å²) in [4.78, 5) is 14.3. The van der Waals surface area contributed by atoms with Crippen molar-refractivity contribution in [3.05, 3.63) is 35.4 Å². The number of unbranched alkanes of at least 4 members (excludes halogenated alkanes) is 1. The van der Waals surface area contributed by atoms with E-state index < -0.39 is 18.6 Å². The van der Waals surface area contributed by atoms with Gasteiger partial charge in [-0.15, -0.1) is 24.8 Å². The lowest BCUT2D eigenvalue weighted by Crippen LogP contribution is -2.50. The van der Waals surface area contributed by atoms with Gasteiger partial charge in [-0.2, -0.15) is 0 Å². The fourth-order valence-corrected chi connectivity index (χ4v) is 4.14. The van der Waals surface area contributed by atoms with Gasteiger partial charge in [0.2, 0.25) is 0 Å². The van der Waals surface area contributed by atoms with Crippen LogP contribution >= 0.6 is 24.8 Å². The average Bonchev–Trinajstić information content (AvgIpc) is 2.62. The Hall–Kier alpha value is -0.825. The SMILES string of the molecule is CC(C)CN1Cc2ccccc2CC1CCC(N)(CCCCB(O)O)C(=O)O.Cl.Cl. The molecule has 0 bridgehead atoms. The number of carboxylic acid groups (broad SMARTS) is 1. The monoisotopic (exact) mass is 462 g/mol. The van der Waals surface area contributed by atoms with Crippen molar-refractivity contribution in [2.24, 2.45) is 11.7 Å². The van der Waals surface area contributed by atoms with Gasteiger partial charge in [-0.05, 0) is 49.0 Å². The zero-order valence-electron chi connectivity index (χ0n) is 18.0. The van der Waals surface area contributed by atoms with Crippen LogP contribution in [-0.4, -0.2) is 51.3 Å². The number of nitrogens with zero attached hydrogens (tertiary/aromatic N) is 1. The summed E-state index contributed by atoms with van der Waals surface area (Å²) in [5.74, 6) is -0.427. The maximum absolute atomic E-state index is 11.8. The van der Waals surface area contributed by atoms with Crippen molar-refractivity contribution in [1.82, 2.24) is 4.90 Å². The molecule has 0 saturated heterocycles. The predicted molar refractivity (Wildman–Crippen MR) is 126 cm³/mol. The van der Waals surface area contributed by atoms with Gasteiger partial charge in [0.25, 0.3) is 0 Å². The molecule has 2 rings (SSSR count). The summed E-state index contributed by atoms with van der Waals surface area (Å²) in [7, 11) is -1.34. The first kappa shape index (κ1) is 29.2. The molecular weight excluding hydrogens is 426 g/mol. The van der Waals surface area contributed by atoms with Crippen LogP contribution in [0, 0.1) is 5.92 Å². The van der Waals surface area contributed by atoms with Crippen LogP contribution in [0.15, 0.2) is 24.3 Å². The van der Waals surface area contributed by atoms with E-state index in [0.717, 1.165) is 25.9 Å². The lowest BCUT2D eigenvalue weighted by atomic mass is 9.80. The van der Waals surface area contributed by atoms with Crippen molar-refractivity contribution in [1.29, 1.82) is 0 Å². The van der Waals surface area contributed by atoms with Gasteiger partial charge in [0.1, 0.15) is 5.54 Å². The van der Waals surface area contributed by atoms with Gasteiger partial charge >= 0.3 is 13.1 Å². The number of halogens is 2. The number of rotatable bonds is 11. The third-order valence-electron chi connectivity index (χ3n) is 5.75. The Morgan fingerprint density at radius 3 is 2.40 bits per heavy atom.